The number of thioether (sulfide) groups is 1. The van der Waals surface area contributed by atoms with Gasteiger partial charge < -0.3 is 19.8 Å². The Labute approximate surface area is 227 Å². The van der Waals surface area contributed by atoms with Gasteiger partial charge in [-0.3, -0.25) is 14.4 Å². The lowest BCUT2D eigenvalue weighted by Gasteiger charge is -2.43. The summed E-state index contributed by atoms with van der Waals surface area (Å²) in [6.07, 6.45) is 7.98. The van der Waals surface area contributed by atoms with Crippen LogP contribution in [0.5, 0.6) is 0 Å². The number of fused-ring (bicyclic) bond motifs is 1. The van der Waals surface area contributed by atoms with E-state index in [1.807, 2.05) is 18.7 Å². The van der Waals surface area contributed by atoms with Gasteiger partial charge in [0.25, 0.3) is 0 Å². The van der Waals surface area contributed by atoms with Crippen molar-refractivity contribution in [2.75, 3.05) is 33.3 Å². The molecule has 1 N–H and O–H groups in total. The predicted octanol–water partition coefficient (Wildman–Crippen LogP) is 3.58. The average Bonchev–Trinajstić information content (AvgIpc) is 3.47. The maximum Gasteiger partial charge on any atom is 0.247 e. The van der Waals surface area contributed by atoms with Crippen molar-refractivity contribution in [2.24, 2.45) is 23.7 Å². The van der Waals surface area contributed by atoms with Crippen LogP contribution < -0.4 is 0 Å². The van der Waals surface area contributed by atoms with E-state index < -0.39 is 28.7 Å². The highest BCUT2D eigenvalue weighted by molar-refractivity contribution is 8.02. The molecular weight excluding hydrogens is 486 g/mol. The third-order valence-electron chi connectivity index (χ3n) is 9.02. The molecule has 3 rings (SSSR count). The summed E-state index contributed by atoms with van der Waals surface area (Å²) < 4.78 is -0.681. The minimum Gasteiger partial charge on any atom is -0.394 e. The Morgan fingerprint density at radius 3 is 2.46 bits per heavy atom. The Morgan fingerprint density at radius 1 is 1.22 bits per heavy atom. The van der Waals surface area contributed by atoms with Gasteiger partial charge in [0, 0.05) is 31.9 Å². The summed E-state index contributed by atoms with van der Waals surface area (Å²) in [5, 5.41) is 10.5. The molecule has 3 aliphatic rings. The molecule has 7 nitrogen and oxygen atoms in total. The van der Waals surface area contributed by atoms with E-state index in [2.05, 4.69) is 27.0 Å². The summed E-state index contributed by atoms with van der Waals surface area (Å²) in [7, 11) is 1.76. The summed E-state index contributed by atoms with van der Waals surface area (Å²) in [5.41, 5.74) is 0. The van der Waals surface area contributed by atoms with Gasteiger partial charge >= 0.3 is 0 Å². The first-order chi connectivity index (χ1) is 17.7. The van der Waals surface area contributed by atoms with E-state index in [1.54, 1.807) is 40.8 Å². The van der Waals surface area contributed by atoms with Gasteiger partial charge in [-0.25, -0.2) is 0 Å². The number of unbranched alkanes of at least 4 members (excludes halogenated alkanes) is 2. The van der Waals surface area contributed by atoms with Crippen LogP contribution in [-0.2, 0) is 14.4 Å². The van der Waals surface area contributed by atoms with Crippen molar-refractivity contribution >= 4 is 29.5 Å². The van der Waals surface area contributed by atoms with Crippen LogP contribution in [0.15, 0.2) is 25.3 Å². The number of nitrogens with zero attached hydrogens (tertiary/aromatic N) is 3. The minimum atomic E-state index is -0.703. The molecule has 0 aromatic carbocycles. The van der Waals surface area contributed by atoms with Crippen LogP contribution in [0.4, 0.5) is 0 Å². The molecular formula is C29H47N3O4S. The number of aliphatic hydroxyl groups excluding tert-OH is 1. The molecule has 8 atom stereocenters. The second-order valence-corrected chi connectivity index (χ2v) is 12.8. The van der Waals surface area contributed by atoms with Crippen molar-refractivity contribution in [2.45, 2.75) is 81.9 Å². The van der Waals surface area contributed by atoms with Crippen LogP contribution in [0.25, 0.3) is 0 Å². The number of likely N-dealkylation sites (tertiary alicyclic amines) is 1. The summed E-state index contributed by atoms with van der Waals surface area (Å²) in [4.78, 5) is 47.8. The quantitative estimate of drug-likeness (QED) is 0.273. The van der Waals surface area contributed by atoms with Crippen molar-refractivity contribution < 1.29 is 19.5 Å². The molecule has 2 bridgehead atoms. The molecule has 3 saturated heterocycles. The molecule has 3 unspecified atom stereocenters. The number of hydrogen-bond donors (Lipinski definition) is 1. The van der Waals surface area contributed by atoms with E-state index in [0.717, 1.165) is 32.1 Å². The number of carbonyl (C=O) groups is 3. The third kappa shape index (κ3) is 5.00. The Bertz CT molecular complexity index is 881. The van der Waals surface area contributed by atoms with Gasteiger partial charge in [-0.2, -0.15) is 0 Å². The maximum absolute atomic E-state index is 14.5. The van der Waals surface area contributed by atoms with Crippen molar-refractivity contribution in [3.63, 3.8) is 0 Å². The Morgan fingerprint density at radius 2 is 1.89 bits per heavy atom. The maximum atomic E-state index is 14.5. The third-order valence-corrected chi connectivity index (χ3v) is 11.1. The summed E-state index contributed by atoms with van der Waals surface area (Å²) in [5.74, 6) is -1.18. The van der Waals surface area contributed by atoms with Gasteiger partial charge in [0.1, 0.15) is 6.04 Å². The van der Waals surface area contributed by atoms with Crippen molar-refractivity contribution in [1.29, 1.82) is 0 Å². The lowest BCUT2D eigenvalue weighted by Crippen LogP contribution is -2.60. The van der Waals surface area contributed by atoms with Crippen molar-refractivity contribution in [3.05, 3.63) is 25.3 Å². The second-order valence-electron chi connectivity index (χ2n) is 11.2. The van der Waals surface area contributed by atoms with Crippen molar-refractivity contribution in [1.82, 2.24) is 14.7 Å². The summed E-state index contributed by atoms with van der Waals surface area (Å²) in [6.45, 7) is 17.2. The van der Waals surface area contributed by atoms with Gasteiger partial charge in [0.15, 0.2) is 0 Å². The molecule has 3 heterocycles. The highest BCUT2D eigenvalue weighted by Gasteiger charge is 2.77. The van der Waals surface area contributed by atoms with Gasteiger partial charge in [-0.15, -0.1) is 24.9 Å². The highest BCUT2D eigenvalue weighted by atomic mass is 32.2. The number of carbonyl (C=O) groups excluding carboxylic acids is 3. The van der Waals surface area contributed by atoms with E-state index in [1.165, 1.54) is 0 Å². The first-order valence-electron chi connectivity index (χ1n) is 14.0. The largest absolute Gasteiger partial charge is 0.394 e. The van der Waals surface area contributed by atoms with Crippen molar-refractivity contribution in [3.8, 4) is 0 Å². The predicted molar refractivity (Wildman–Crippen MR) is 150 cm³/mol. The van der Waals surface area contributed by atoms with Gasteiger partial charge in [-0.05, 0) is 24.7 Å². The molecule has 8 heteroatoms. The first kappa shape index (κ1) is 29.8. The van der Waals surface area contributed by atoms with Gasteiger partial charge in [0.2, 0.25) is 17.7 Å². The van der Waals surface area contributed by atoms with Gasteiger partial charge in [0.05, 0.1) is 29.2 Å². The lowest BCUT2D eigenvalue weighted by atomic mass is 9.65. The molecule has 0 aliphatic carbocycles. The summed E-state index contributed by atoms with van der Waals surface area (Å²) >= 11 is 1.69. The lowest BCUT2D eigenvalue weighted by molar-refractivity contribution is -0.147. The average molecular weight is 534 g/mol. The molecule has 208 valence electrons. The monoisotopic (exact) mass is 533 g/mol. The van der Waals surface area contributed by atoms with E-state index >= 15 is 0 Å². The van der Waals surface area contributed by atoms with Crippen LogP contribution in [-0.4, -0.2) is 92.9 Å². The standard InChI is InChI=1S/C29H47N3O4S/c1-8-12-13-16-31(15-10-3)28(36)25-29-20(6)17-22(37-29)23(26(34)30(7)14-9-2)24(29)27(35)32(25)21(18-33)19(5)11-4/h9-10,19-25,33H,2-3,8,11-18H2,1,4-7H3/t19-,20?,21-,22-,23+,24-,25?,29?/m0/s1. The van der Waals surface area contributed by atoms with Crippen LogP contribution in [0.2, 0.25) is 0 Å². The van der Waals surface area contributed by atoms with Crippen LogP contribution in [0.1, 0.15) is 59.8 Å². The zero-order valence-electron chi connectivity index (χ0n) is 23.4. The van der Waals surface area contributed by atoms with E-state index in [9.17, 15) is 19.5 Å². The SMILES string of the molecule is C=CCN(C)C(=O)[C@@H]1[C@@H]2CC(C)C3(S2)C(C(=O)N(CC=C)CCCCC)N([C@@H](CO)[C@@H](C)CC)C(=O)[C@H]13. The smallest absolute Gasteiger partial charge is 0.247 e. The fourth-order valence-electron chi connectivity index (χ4n) is 6.90. The van der Waals surface area contributed by atoms with Crippen LogP contribution in [0, 0.1) is 23.7 Å². The topological polar surface area (TPSA) is 81.2 Å². The van der Waals surface area contributed by atoms with E-state index in [-0.39, 0.29) is 41.4 Å². The number of amides is 3. The first-order valence-corrected chi connectivity index (χ1v) is 14.9. The molecule has 3 amide bonds. The Kier molecular flexibility index (Phi) is 9.95. The number of rotatable bonds is 14. The summed E-state index contributed by atoms with van der Waals surface area (Å²) in [6, 6.07) is -1.17. The second kappa shape index (κ2) is 12.4. The van der Waals surface area contributed by atoms with E-state index in [4.69, 9.17) is 0 Å². The molecule has 3 fully saturated rings. The van der Waals surface area contributed by atoms with E-state index in [0.29, 0.717) is 19.6 Å². The van der Waals surface area contributed by atoms with Crippen LogP contribution >= 0.6 is 11.8 Å². The number of aliphatic hydroxyl groups is 1. The molecule has 0 aromatic heterocycles. The number of hydrogen-bond acceptors (Lipinski definition) is 5. The Balaban J connectivity index is 2.12. The zero-order valence-corrected chi connectivity index (χ0v) is 24.2. The van der Waals surface area contributed by atoms with Crippen LogP contribution in [0.3, 0.4) is 0 Å². The normalized spacial score (nSPS) is 31.7. The molecule has 3 aliphatic heterocycles. The molecule has 1 spiro atoms. The molecule has 0 saturated carbocycles. The fourth-order valence-corrected chi connectivity index (χ4v) is 9.30. The minimum absolute atomic E-state index is 0.00489. The Hall–Kier alpha value is -1.80. The fraction of sp³-hybridized carbons (Fsp3) is 0.759. The highest BCUT2D eigenvalue weighted by Crippen LogP contribution is 2.69. The molecule has 37 heavy (non-hydrogen) atoms. The molecule has 0 aromatic rings. The van der Waals surface area contributed by atoms with Gasteiger partial charge in [-0.1, -0.05) is 59.1 Å². The number of likely N-dealkylation sites (N-methyl/N-ethyl adjacent to an activating group) is 1. The molecule has 0 radical (unpaired) electrons. The zero-order chi connectivity index (χ0) is 27.5.